The fraction of sp³-hybridized carbons (Fsp3) is 0.667. The molecule has 1 saturated heterocycles. The second-order valence-electron chi connectivity index (χ2n) is 4.67. The van der Waals surface area contributed by atoms with Gasteiger partial charge in [0.2, 0.25) is 0 Å². The van der Waals surface area contributed by atoms with Gasteiger partial charge in [-0.3, -0.25) is 5.10 Å². The van der Waals surface area contributed by atoms with Crippen LogP contribution in [0.5, 0.6) is 0 Å². The Bertz CT molecular complexity index is 422. The van der Waals surface area contributed by atoms with E-state index in [4.69, 9.17) is 4.74 Å². The average molecular weight is 217 g/mol. The van der Waals surface area contributed by atoms with Crippen LogP contribution in [-0.4, -0.2) is 23.4 Å². The maximum atomic E-state index is 9.25. The minimum atomic E-state index is 0.434. The van der Waals surface area contributed by atoms with E-state index in [0.717, 1.165) is 43.0 Å². The molecule has 3 rings (SSSR count). The predicted molar refractivity (Wildman–Crippen MR) is 58.1 cm³/mol. The summed E-state index contributed by atoms with van der Waals surface area (Å²) in [6.45, 7) is 1.60. The van der Waals surface area contributed by atoms with E-state index in [1.807, 2.05) is 0 Å². The van der Waals surface area contributed by atoms with E-state index >= 15 is 0 Å². The quantitative estimate of drug-likeness (QED) is 0.824. The molecule has 0 amide bonds. The number of aromatic nitrogens is 2. The fourth-order valence-electron chi connectivity index (χ4n) is 2.42. The number of ether oxygens (including phenoxy) is 1. The van der Waals surface area contributed by atoms with Crippen LogP contribution in [0.1, 0.15) is 54.5 Å². The van der Waals surface area contributed by atoms with E-state index < -0.39 is 0 Å². The number of rotatable bonds is 2. The monoisotopic (exact) mass is 217 g/mol. The first-order valence-electron chi connectivity index (χ1n) is 5.96. The molecular weight excluding hydrogens is 202 g/mol. The molecule has 1 aliphatic heterocycles. The number of nitrogens with zero attached hydrogens (tertiary/aromatic N) is 2. The zero-order valence-electron chi connectivity index (χ0n) is 9.20. The molecule has 0 spiro atoms. The molecule has 84 valence electrons. The van der Waals surface area contributed by atoms with Crippen LogP contribution < -0.4 is 0 Å². The topological polar surface area (TPSA) is 61.7 Å². The van der Waals surface area contributed by atoms with Crippen LogP contribution >= 0.6 is 0 Å². The molecule has 4 nitrogen and oxygen atoms in total. The van der Waals surface area contributed by atoms with Crippen molar-refractivity contribution in [3.05, 3.63) is 17.0 Å². The smallest absolute Gasteiger partial charge is 0.103 e. The van der Waals surface area contributed by atoms with Crippen molar-refractivity contribution >= 4 is 0 Å². The molecule has 1 N–H and O–H groups in total. The zero-order valence-corrected chi connectivity index (χ0v) is 9.20. The van der Waals surface area contributed by atoms with Gasteiger partial charge < -0.3 is 4.74 Å². The summed E-state index contributed by atoms with van der Waals surface area (Å²) in [6, 6.07) is 2.33. The van der Waals surface area contributed by atoms with Crippen LogP contribution in [0.3, 0.4) is 0 Å². The standard InChI is InChI=1S/C12H15N3O/c13-7-10-11(8-1-2-8)14-15-12(10)9-3-5-16-6-4-9/h8-9H,1-6H2,(H,14,15). The first-order chi connectivity index (χ1) is 7.90. The molecule has 0 unspecified atom stereocenters. The molecule has 0 radical (unpaired) electrons. The Morgan fingerprint density at radius 3 is 2.56 bits per heavy atom. The van der Waals surface area contributed by atoms with Crippen LogP contribution in [0, 0.1) is 11.3 Å². The second-order valence-corrected chi connectivity index (χ2v) is 4.67. The molecule has 16 heavy (non-hydrogen) atoms. The average Bonchev–Trinajstić information content (AvgIpc) is 3.09. The molecule has 2 aliphatic rings. The highest BCUT2D eigenvalue weighted by molar-refractivity contribution is 5.42. The predicted octanol–water partition coefficient (Wildman–Crippen LogP) is 2.05. The van der Waals surface area contributed by atoms with Crippen molar-refractivity contribution in [1.29, 1.82) is 5.26 Å². The lowest BCUT2D eigenvalue weighted by atomic mass is 9.93. The second kappa shape index (κ2) is 3.91. The minimum absolute atomic E-state index is 0.434. The highest BCUT2D eigenvalue weighted by atomic mass is 16.5. The summed E-state index contributed by atoms with van der Waals surface area (Å²) in [4.78, 5) is 0. The van der Waals surface area contributed by atoms with E-state index in [0.29, 0.717) is 11.8 Å². The van der Waals surface area contributed by atoms with Crippen molar-refractivity contribution < 1.29 is 4.74 Å². The fourth-order valence-corrected chi connectivity index (χ4v) is 2.42. The summed E-state index contributed by atoms with van der Waals surface area (Å²) in [5, 5.41) is 16.7. The van der Waals surface area contributed by atoms with Gasteiger partial charge in [-0.05, 0) is 25.7 Å². The summed E-state index contributed by atoms with van der Waals surface area (Å²) < 4.78 is 5.34. The minimum Gasteiger partial charge on any atom is -0.381 e. The molecule has 1 aromatic heterocycles. The SMILES string of the molecule is N#Cc1c(C2CC2)n[nH]c1C1CCOCC1. The van der Waals surface area contributed by atoms with Gasteiger partial charge in [0.05, 0.1) is 17.0 Å². The Morgan fingerprint density at radius 1 is 1.19 bits per heavy atom. The maximum absolute atomic E-state index is 9.25. The van der Waals surface area contributed by atoms with Gasteiger partial charge in [0, 0.05) is 25.0 Å². The van der Waals surface area contributed by atoms with Gasteiger partial charge >= 0.3 is 0 Å². The number of hydrogen-bond donors (Lipinski definition) is 1. The lowest BCUT2D eigenvalue weighted by Gasteiger charge is -2.20. The molecule has 4 heteroatoms. The lowest BCUT2D eigenvalue weighted by Crippen LogP contribution is -2.15. The van der Waals surface area contributed by atoms with Gasteiger partial charge in [0.1, 0.15) is 6.07 Å². The van der Waals surface area contributed by atoms with Crippen molar-refractivity contribution in [2.45, 2.75) is 37.5 Å². The van der Waals surface area contributed by atoms with Gasteiger partial charge in [-0.1, -0.05) is 0 Å². The van der Waals surface area contributed by atoms with Gasteiger partial charge in [0.25, 0.3) is 0 Å². The van der Waals surface area contributed by atoms with Crippen molar-refractivity contribution in [2.75, 3.05) is 13.2 Å². The Hall–Kier alpha value is -1.34. The van der Waals surface area contributed by atoms with Crippen LogP contribution in [0.15, 0.2) is 0 Å². The largest absolute Gasteiger partial charge is 0.381 e. The van der Waals surface area contributed by atoms with Crippen molar-refractivity contribution in [2.24, 2.45) is 0 Å². The number of hydrogen-bond acceptors (Lipinski definition) is 3. The van der Waals surface area contributed by atoms with E-state index in [1.165, 1.54) is 12.8 Å². The van der Waals surface area contributed by atoms with E-state index in [1.54, 1.807) is 0 Å². The molecule has 0 bridgehead atoms. The summed E-state index contributed by atoms with van der Waals surface area (Å²) >= 11 is 0. The molecule has 0 atom stereocenters. The summed E-state index contributed by atoms with van der Waals surface area (Å²) in [6.07, 6.45) is 4.38. The Labute approximate surface area is 94.6 Å². The van der Waals surface area contributed by atoms with Crippen molar-refractivity contribution in [3.8, 4) is 6.07 Å². The number of nitriles is 1. The molecule has 1 aromatic rings. The normalized spacial score (nSPS) is 21.9. The first-order valence-corrected chi connectivity index (χ1v) is 5.96. The van der Waals surface area contributed by atoms with E-state index in [-0.39, 0.29) is 0 Å². The third-order valence-corrected chi connectivity index (χ3v) is 3.53. The van der Waals surface area contributed by atoms with Gasteiger partial charge in [0.15, 0.2) is 0 Å². The maximum Gasteiger partial charge on any atom is 0.103 e. The van der Waals surface area contributed by atoms with Gasteiger partial charge in [-0.15, -0.1) is 0 Å². The van der Waals surface area contributed by atoms with Crippen molar-refractivity contribution in [1.82, 2.24) is 10.2 Å². The van der Waals surface area contributed by atoms with Crippen LogP contribution in [-0.2, 0) is 4.74 Å². The lowest BCUT2D eigenvalue weighted by molar-refractivity contribution is 0.0844. The van der Waals surface area contributed by atoms with E-state index in [2.05, 4.69) is 16.3 Å². The molecule has 1 aliphatic carbocycles. The zero-order chi connectivity index (χ0) is 11.0. The summed E-state index contributed by atoms with van der Waals surface area (Å²) in [7, 11) is 0. The third-order valence-electron chi connectivity index (χ3n) is 3.53. The third kappa shape index (κ3) is 1.61. The molecule has 2 heterocycles. The first kappa shape index (κ1) is 9.86. The summed E-state index contributed by atoms with van der Waals surface area (Å²) in [5.74, 6) is 0.975. The number of H-pyrrole nitrogens is 1. The highest BCUT2D eigenvalue weighted by Gasteiger charge is 2.32. The highest BCUT2D eigenvalue weighted by Crippen LogP contribution is 2.42. The Morgan fingerprint density at radius 2 is 1.94 bits per heavy atom. The summed E-state index contributed by atoms with van der Waals surface area (Å²) in [5.41, 5.74) is 2.87. The van der Waals surface area contributed by atoms with Crippen LogP contribution in [0.25, 0.3) is 0 Å². The number of aromatic amines is 1. The van der Waals surface area contributed by atoms with E-state index in [9.17, 15) is 5.26 Å². The van der Waals surface area contributed by atoms with Crippen LogP contribution in [0.2, 0.25) is 0 Å². The molecule has 2 fully saturated rings. The molecular formula is C12H15N3O. The molecule has 0 aromatic carbocycles. The van der Waals surface area contributed by atoms with Crippen LogP contribution in [0.4, 0.5) is 0 Å². The van der Waals surface area contributed by atoms with Gasteiger partial charge in [-0.25, -0.2) is 0 Å². The Balaban J connectivity index is 1.91. The van der Waals surface area contributed by atoms with Gasteiger partial charge in [-0.2, -0.15) is 10.4 Å². The number of nitrogens with one attached hydrogen (secondary N) is 1. The Kier molecular flexibility index (Phi) is 2.41. The molecule has 1 saturated carbocycles. The van der Waals surface area contributed by atoms with Crippen molar-refractivity contribution in [3.63, 3.8) is 0 Å².